The molecule has 0 saturated heterocycles. The first kappa shape index (κ1) is 32.0. The minimum atomic E-state index is 0. The number of imidazole rings is 1. The fourth-order valence-corrected chi connectivity index (χ4v) is 6.43. The molecule has 0 fully saturated rings. The van der Waals surface area contributed by atoms with Gasteiger partial charge in [0.1, 0.15) is 11.6 Å². The van der Waals surface area contributed by atoms with E-state index in [0.29, 0.717) is 17.3 Å². The van der Waals surface area contributed by atoms with Crippen molar-refractivity contribution in [2.75, 3.05) is 0 Å². The molecule has 1 atom stereocenters. The van der Waals surface area contributed by atoms with Crippen LogP contribution in [0, 0.1) is 6.07 Å². The summed E-state index contributed by atoms with van der Waals surface area (Å²) in [6, 6.07) is 57.1. The maximum absolute atomic E-state index is 10.8. The third-order valence-electron chi connectivity index (χ3n) is 9.01. The van der Waals surface area contributed by atoms with Crippen LogP contribution < -0.4 is 0 Å². The van der Waals surface area contributed by atoms with Crippen molar-refractivity contribution >= 4 is 11.0 Å². The van der Waals surface area contributed by atoms with Crippen molar-refractivity contribution in [1.82, 2.24) is 14.5 Å². The number of aromatic hydroxyl groups is 1. The molecule has 2 heterocycles. The van der Waals surface area contributed by atoms with Crippen molar-refractivity contribution in [3.63, 3.8) is 0 Å². The van der Waals surface area contributed by atoms with Crippen molar-refractivity contribution in [2.45, 2.75) is 12.8 Å². The van der Waals surface area contributed by atoms with E-state index in [4.69, 9.17) is 9.97 Å². The number of rotatable bonds is 7. The van der Waals surface area contributed by atoms with E-state index >= 15 is 0 Å². The molecule has 6 aromatic carbocycles. The Bertz CT molecular complexity index is 2370. The van der Waals surface area contributed by atoms with E-state index in [1.807, 2.05) is 48.7 Å². The summed E-state index contributed by atoms with van der Waals surface area (Å²) in [6.07, 6.45) is 1.87. The van der Waals surface area contributed by atoms with Gasteiger partial charge in [-0.1, -0.05) is 121 Å². The van der Waals surface area contributed by atoms with E-state index in [1.54, 1.807) is 6.07 Å². The topological polar surface area (TPSA) is 50.9 Å². The Morgan fingerprint density at radius 1 is 0.612 bits per heavy atom. The molecule has 5 heteroatoms. The Balaban J connectivity index is 0.00000378. The van der Waals surface area contributed by atoms with Crippen molar-refractivity contribution in [3.8, 4) is 56.3 Å². The SMILES string of the molecule is CC(c1ccccc1)c1ccc(-c2ccnc(-c3[c-]c(-c4cccc5c4nc(-c4ccccc4O)n5-c4ccccc4)ccc3)c2)cc1.[Pt]. The molecule has 0 aliphatic rings. The average molecular weight is 814 g/mol. The van der Waals surface area contributed by atoms with E-state index < -0.39 is 0 Å². The van der Waals surface area contributed by atoms with Crippen LogP contribution in [-0.4, -0.2) is 19.6 Å². The summed E-state index contributed by atoms with van der Waals surface area (Å²) >= 11 is 0. The summed E-state index contributed by atoms with van der Waals surface area (Å²) in [6.45, 7) is 2.25. The summed E-state index contributed by atoms with van der Waals surface area (Å²) in [7, 11) is 0. The van der Waals surface area contributed by atoms with Gasteiger partial charge >= 0.3 is 0 Å². The molecule has 49 heavy (non-hydrogen) atoms. The first-order chi connectivity index (χ1) is 23.6. The zero-order chi connectivity index (χ0) is 32.5. The fourth-order valence-electron chi connectivity index (χ4n) is 6.43. The molecule has 0 aliphatic heterocycles. The maximum atomic E-state index is 10.8. The number of hydrogen-bond donors (Lipinski definition) is 1. The molecule has 8 rings (SSSR count). The van der Waals surface area contributed by atoms with Crippen LogP contribution in [-0.2, 0) is 21.1 Å². The van der Waals surface area contributed by atoms with Crippen LogP contribution in [0.25, 0.3) is 61.6 Å². The number of hydrogen-bond acceptors (Lipinski definition) is 3. The van der Waals surface area contributed by atoms with Gasteiger partial charge in [-0.3, -0.25) is 9.55 Å². The maximum Gasteiger partial charge on any atom is 0.148 e. The minimum Gasteiger partial charge on any atom is -0.507 e. The Hall–Kier alpha value is -5.57. The molecule has 0 aliphatic carbocycles. The molecule has 0 saturated carbocycles. The Labute approximate surface area is 300 Å². The zero-order valence-electron chi connectivity index (χ0n) is 26.8. The van der Waals surface area contributed by atoms with Crippen LogP contribution in [0.2, 0.25) is 0 Å². The van der Waals surface area contributed by atoms with Crippen LogP contribution in [0.4, 0.5) is 0 Å². The Kier molecular flexibility index (Phi) is 9.07. The van der Waals surface area contributed by atoms with Gasteiger partial charge in [0.05, 0.1) is 16.6 Å². The summed E-state index contributed by atoms with van der Waals surface area (Å²) in [5.41, 5.74) is 11.9. The third kappa shape index (κ3) is 6.24. The van der Waals surface area contributed by atoms with E-state index in [-0.39, 0.29) is 26.8 Å². The van der Waals surface area contributed by atoms with Gasteiger partial charge in [-0.2, -0.15) is 0 Å². The van der Waals surface area contributed by atoms with Crippen LogP contribution in [0.15, 0.2) is 164 Å². The predicted molar refractivity (Wildman–Crippen MR) is 195 cm³/mol. The van der Waals surface area contributed by atoms with Gasteiger partial charge in [0, 0.05) is 44.6 Å². The third-order valence-corrected chi connectivity index (χ3v) is 9.01. The number of phenols is 1. The van der Waals surface area contributed by atoms with E-state index in [9.17, 15) is 5.11 Å². The number of nitrogens with zero attached hydrogens (tertiary/aromatic N) is 3. The first-order valence-corrected chi connectivity index (χ1v) is 16.1. The number of pyridine rings is 1. The second-order valence-electron chi connectivity index (χ2n) is 12.0. The number of aromatic nitrogens is 3. The number of benzene rings is 6. The molecular formula is C44H32N3OPt-. The van der Waals surface area contributed by atoms with Crippen molar-refractivity contribution in [1.29, 1.82) is 0 Å². The molecule has 8 aromatic rings. The number of fused-ring (bicyclic) bond motifs is 1. The molecule has 0 radical (unpaired) electrons. The van der Waals surface area contributed by atoms with Crippen LogP contribution in [0.1, 0.15) is 24.0 Å². The van der Waals surface area contributed by atoms with Crippen LogP contribution in [0.5, 0.6) is 5.75 Å². The monoisotopic (exact) mass is 813 g/mol. The largest absolute Gasteiger partial charge is 0.507 e. The van der Waals surface area contributed by atoms with Crippen LogP contribution in [0.3, 0.4) is 0 Å². The van der Waals surface area contributed by atoms with Gasteiger partial charge in [0.25, 0.3) is 0 Å². The van der Waals surface area contributed by atoms with E-state index in [0.717, 1.165) is 50.2 Å². The van der Waals surface area contributed by atoms with Gasteiger partial charge < -0.3 is 5.11 Å². The number of phenolic OH excluding ortho intramolecular Hbond substituents is 1. The van der Waals surface area contributed by atoms with Crippen LogP contribution >= 0.6 is 0 Å². The summed E-state index contributed by atoms with van der Waals surface area (Å²) in [5.74, 6) is 1.19. The zero-order valence-corrected chi connectivity index (χ0v) is 29.0. The fraction of sp³-hybridized carbons (Fsp3) is 0.0455. The van der Waals surface area contributed by atoms with Gasteiger partial charge in [-0.25, -0.2) is 4.98 Å². The summed E-state index contributed by atoms with van der Waals surface area (Å²) < 4.78 is 2.11. The molecule has 0 bridgehead atoms. The van der Waals surface area contributed by atoms with Crippen molar-refractivity contribution in [3.05, 3.63) is 181 Å². The minimum absolute atomic E-state index is 0. The quantitative estimate of drug-likeness (QED) is 0.163. The van der Waals surface area contributed by atoms with Gasteiger partial charge in [-0.05, 0) is 58.7 Å². The average Bonchev–Trinajstić information content (AvgIpc) is 3.55. The normalized spacial score (nSPS) is 11.6. The van der Waals surface area contributed by atoms with E-state index in [2.05, 4.69) is 127 Å². The summed E-state index contributed by atoms with van der Waals surface area (Å²) in [4.78, 5) is 9.90. The van der Waals surface area contributed by atoms with Crippen molar-refractivity contribution in [2.24, 2.45) is 0 Å². The second-order valence-corrected chi connectivity index (χ2v) is 12.0. The van der Waals surface area contributed by atoms with Gasteiger partial charge in [0.2, 0.25) is 0 Å². The van der Waals surface area contributed by atoms with Crippen molar-refractivity contribution < 1.29 is 26.2 Å². The Morgan fingerprint density at radius 3 is 2.04 bits per heavy atom. The summed E-state index contributed by atoms with van der Waals surface area (Å²) in [5, 5.41) is 10.8. The first-order valence-electron chi connectivity index (χ1n) is 16.1. The second kappa shape index (κ2) is 13.9. The molecule has 4 nitrogen and oxygen atoms in total. The molecule has 0 amide bonds. The predicted octanol–water partition coefficient (Wildman–Crippen LogP) is 10.7. The van der Waals surface area contributed by atoms with Gasteiger partial charge in [-0.15, -0.1) is 29.8 Å². The smallest absolute Gasteiger partial charge is 0.148 e. The molecule has 240 valence electrons. The standard InChI is InChI=1S/C44H32N3O.Pt/c1-30(31-12-4-2-5-13-31)32-22-24-33(25-23-32)34-26-27-45-40(29-34)36-15-10-14-35(28-36)38-19-11-20-41-43(38)46-44(39-18-8-9-21-42(39)48)47(41)37-16-6-3-7-17-37;/h2-27,29-30,48H,1H3;/q-1;. The Morgan fingerprint density at radius 2 is 1.27 bits per heavy atom. The number of para-hydroxylation sites is 3. The van der Waals surface area contributed by atoms with Gasteiger partial charge in [0.15, 0.2) is 0 Å². The van der Waals surface area contributed by atoms with E-state index in [1.165, 1.54) is 11.1 Å². The molecular weight excluding hydrogens is 782 g/mol. The molecule has 1 N–H and O–H groups in total. The molecule has 0 spiro atoms. The molecule has 2 aromatic heterocycles. The molecule has 1 unspecified atom stereocenters.